The van der Waals surface area contributed by atoms with E-state index >= 15 is 0 Å². The maximum absolute atomic E-state index is 11.5. The number of hydrogen-bond acceptors (Lipinski definition) is 6. The third-order valence-corrected chi connectivity index (χ3v) is 4.59. The Balaban J connectivity index is 1.83. The van der Waals surface area contributed by atoms with Gasteiger partial charge in [-0.2, -0.15) is 5.10 Å². The topological polar surface area (TPSA) is 128 Å². The Kier molecular flexibility index (Phi) is 3.52. The van der Waals surface area contributed by atoms with Crippen LogP contribution in [-0.2, 0) is 10.0 Å². The third-order valence-electron chi connectivity index (χ3n) is 3.71. The molecule has 0 saturated carbocycles. The molecule has 0 atom stereocenters. The maximum Gasteiger partial charge on any atom is 0.239 e. The van der Waals surface area contributed by atoms with Crippen molar-refractivity contribution in [3.8, 4) is 22.4 Å². The summed E-state index contributed by atoms with van der Waals surface area (Å²) in [5.41, 5.74) is 4.32. The first kappa shape index (κ1) is 15.4. The molecular formula is C16H12N6O2S. The minimum absolute atomic E-state index is 0.0386. The highest BCUT2D eigenvalue weighted by Crippen LogP contribution is 2.25. The van der Waals surface area contributed by atoms with Crippen molar-refractivity contribution in [1.82, 2.24) is 25.1 Å². The van der Waals surface area contributed by atoms with Crippen molar-refractivity contribution in [3.05, 3.63) is 55.2 Å². The van der Waals surface area contributed by atoms with Crippen molar-refractivity contribution in [1.29, 1.82) is 0 Å². The van der Waals surface area contributed by atoms with Crippen molar-refractivity contribution in [2.45, 2.75) is 4.90 Å². The fourth-order valence-electron chi connectivity index (χ4n) is 2.45. The Hall–Kier alpha value is -3.17. The van der Waals surface area contributed by atoms with E-state index in [4.69, 9.17) is 5.14 Å². The van der Waals surface area contributed by atoms with E-state index in [0.717, 1.165) is 16.6 Å². The molecule has 0 amide bonds. The number of primary sulfonamides is 1. The van der Waals surface area contributed by atoms with Gasteiger partial charge >= 0.3 is 0 Å². The summed E-state index contributed by atoms with van der Waals surface area (Å²) in [4.78, 5) is 12.9. The lowest BCUT2D eigenvalue weighted by Crippen LogP contribution is -2.12. The highest BCUT2D eigenvalue weighted by molar-refractivity contribution is 7.89. The summed E-state index contributed by atoms with van der Waals surface area (Å²) in [6.45, 7) is 0. The van der Waals surface area contributed by atoms with Gasteiger partial charge in [-0.25, -0.2) is 18.5 Å². The van der Waals surface area contributed by atoms with Gasteiger partial charge in [-0.3, -0.25) is 15.1 Å². The average Bonchev–Trinajstić information content (AvgIpc) is 3.15. The van der Waals surface area contributed by atoms with Gasteiger partial charge in [0.2, 0.25) is 10.0 Å². The molecule has 4 aromatic rings. The largest absolute Gasteiger partial charge is 0.285 e. The summed E-state index contributed by atoms with van der Waals surface area (Å²) in [7, 11) is -3.81. The van der Waals surface area contributed by atoms with Crippen LogP contribution in [0.5, 0.6) is 0 Å². The van der Waals surface area contributed by atoms with Crippen molar-refractivity contribution in [2.24, 2.45) is 5.14 Å². The van der Waals surface area contributed by atoms with Gasteiger partial charge < -0.3 is 0 Å². The molecule has 0 unspecified atom stereocenters. The van der Waals surface area contributed by atoms with Gasteiger partial charge in [0, 0.05) is 29.7 Å². The van der Waals surface area contributed by atoms with Crippen LogP contribution in [0.1, 0.15) is 0 Å². The van der Waals surface area contributed by atoms with E-state index in [9.17, 15) is 8.42 Å². The first-order chi connectivity index (χ1) is 12.0. The molecule has 25 heavy (non-hydrogen) atoms. The number of aromatic nitrogens is 5. The van der Waals surface area contributed by atoms with Crippen LogP contribution in [0.15, 0.2) is 60.1 Å². The molecule has 1 aromatic carbocycles. The first-order valence-corrected chi connectivity index (χ1v) is 8.79. The summed E-state index contributed by atoms with van der Waals surface area (Å²) < 4.78 is 23.0. The normalized spacial score (nSPS) is 11.7. The highest BCUT2D eigenvalue weighted by atomic mass is 32.2. The zero-order valence-corrected chi connectivity index (χ0v) is 13.6. The lowest BCUT2D eigenvalue weighted by Gasteiger charge is -2.06. The SMILES string of the molecule is NS(=O)(=O)c1cncc(-c2ccc3ncc(-c4cn[nH]c4)nc3c2)c1. The first-order valence-electron chi connectivity index (χ1n) is 7.25. The van der Waals surface area contributed by atoms with Crippen LogP contribution in [0.2, 0.25) is 0 Å². The van der Waals surface area contributed by atoms with E-state index in [1.807, 2.05) is 18.2 Å². The molecule has 3 N–H and O–H groups in total. The van der Waals surface area contributed by atoms with E-state index in [2.05, 4.69) is 25.1 Å². The van der Waals surface area contributed by atoms with Crippen LogP contribution < -0.4 is 5.14 Å². The maximum atomic E-state index is 11.5. The Morgan fingerprint density at radius 1 is 0.920 bits per heavy atom. The minimum Gasteiger partial charge on any atom is -0.285 e. The Morgan fingerprint density at radius 2 is 1.80 bits per heavy atom. The molecule has 8 nitrogen and oxygen atoms in total. The predicted octanol–water partition coefficient (Wildman–Crippen LogP) is 1.73. The molecule has 124 valence electrons. The van der Waals surface area contributed by atoms with Crippen LogP contribution in [0.25, 0.3) is 33.4 Å². The van der Waals surface area contributed by atoms with Gasteiger partial charge in [0.1, 0.15) is 4.90 Å². The highest BCUT2D eigenvalue weighted by Gasteiger charge is 2.11. The lowest BCUT2D eigenvalue weighted by atomic mass is 10.1. The summed E-state index contributed by atoms with van der Waals surface area (Å²) in [6, 6.07) is 6.96. The zero-order chi connectivity index (χ0) is 17.4. The average molecular weight is 352 g/mol. The molecule has 9 heteroatoms. The number of nitrogens with two attached hydrogens (primary N) is 1. The standard InChI is InChI=1S/C16H12N6O2S/c17-25(23,24)13-3-11(5-18-8-13)10-1-2-14-15(4-10)22-16(9-19-14)12-6-20-21-7-12/h1-9H,(H,20,21)(H2,17,23,24). The van der Waals surface area contributed by atoms with Crippen molar-refractivity contribution in [2.75, 3.05) is 0 Å². The van der Waals surface area contributed by atoms with Gasteiger partial charge in [-0.05, 0) is 23.8 Å². The summed E-state index contributed by atoms with van der Waals surface area (Å²) in [5.74, 6) is 0. The van der Waals surface area contributed by atoms with Crippen LogP contribution >= 0.6 is 0 Å². The van der Waals surface area contributed by atoms with Crippen LogP contribution in [-0.4, -0.2) is 33.6 Å². The molecule has 3 aromatic heterocycles. The molecule has 0 aliphatic heterocycles. The molecule has 4 rings (SSSR count). The van der Waals surface area contributed by atoms with E-state index in [1.165, 1.54) is 12.3 Å². The number of pyridine rings is 1. The lowest BCUT2D eigenvalue weighted by molar-refractivity contribution is 0.597. The van der Waals surface area contributed by atoms with E-state index in [1.54, 1.807) is 24.8 Å². The zero-order valence-electron chi connectivity index (χ0n) is 12.8. The summed E-state index contributed by atoms with van der Waals surface area (Å²) in [6.07, 6.45) is 7.87. The van der Waals surface area contributed by atoms with Crippen LogP contribution in [0.3, 0.4) is 0 Å². The second kappa shape index (κ2) is 5.72. The Bertz CT molecular complexity index is 1170. The minimum atomic E-state index is -3.81. The van der Waals surface area contributed by atoms with Gasteiger partial charge in [0.25, 0.3) is 0 Å². The fraction of sp³-hybridized carbons (Fsp3) is 0. The van der Waals surface area contributed by atoms with Gasteiger partial charge in [-0.15, -0.1) is 0 Å². The van der Waals surface area contributed by atoms with E-state index in [-0.39, 0.29) is 4.90 Å². The fourth-order valence-corrected chi connectivity index (χ4v) is 2.95. The van der Waals surface area contributed by atoms with Gasteiger partial charge in [-0.1, -0.05) is 6.07 Å². The second-order valence-corrected chi connectivity index (χ2v) is 6.96. The predicted molar refractivity (Wildman–Crippen MR) is 91.7 cm³/mol. The number of benzene rings is 1. The van der Waals surface area contributed by atoms with Crippen LogP contribution in [0.4, 0.5) is 0 Å². The number of hydrogen-bond donors (Lipinski definition) is 2. The number of aromatic amines is 1. The second-order valence-electron chi connectivity index (χ2n) is 5.40. The van der Waals surface area contributed by atoms with Gasteiger partial charge in [0.15, 0.2) is 0 Å². The molecule has 0 fully saturated rings. The Morgan fingerprint density at radius 3 is 2.56 bits per heavy atom. The number of nitrogens with one attached hydrogen (secondary N) is 1. The smallest absolute Gasteiger partial charge is 0.239 e. The molecule has 0 aliphatic carbocycles. The number of sulfonamides is 1. The molecule has 0 spiro atoms. The van der Waals surface area contributed by atoms with E-state index in [0.29, 0.717) is 16.8 Å². The monoisotopic (exact) mass is 352 g/mol. The Labute approximate surface area is 142 Å². The third kappa shape index (κ3) is 2.97. The van der Waals surface area contributed by atoms with Crippen molar-refractivity contribution in [3.63, 3.8) is 0 Å². The number of H-pyrrole nitrogens is 1. The van der Waals surface area contributed by atoms with Crippen LogP contribution in [0, 0.1) is 0 Å². The quantitative estimate of drug-likeness (QED) is 0.578. The number of nitrogens with zero attached hydrogens (tertiary/aromatic N) is 4. The molecule has 0 saturated heterocycles. The van der Waals surface area contributed by atoms with E-state index < -0.39 is 10.0 Å². The van der Waals surface area contributed by atoms with Gasteiger partial charge in [0.05, 0.1) is 29.1 Å². The number of fused-ring (bicyclic) bond motifs is 1. The summed E-state index contributed by atoms with van der Waals surface area (Å²) in [5, 5.41) is 11.8. The van der Waals surface area contributed by atoms with Crippen molar-refractivity contribution < 1.29 is 8.42 Å². The summed E-state index contributed by atoms with van der Waals surface area (Å²) >= 11 is 0. The van der Waals surface area contributed by atoms with Crippen molar-refractivity contribution >= 4 is 21.1 Å². The molecule has 3 heterocycles. The molecule has 0 bridgehead atoms. The molecule has 0 radical (unpaired) electrons. The molecular weight excluding hydrogens is 340 g/mol. The number of rotatable bonds is 3. The molecule has 0 aliphatic rings.